The molecule has 2 aromatic carbocycles. The Hall–Kier alpha value is -2.06. The number of nitrogens with zero attached hydrogens (tertiary/aromatic N) is 2. The van der Waals surface area contributed by atoms with E-state index in [0.29, 0.717) is 0 Å². The van der Waals surface area contributed by atoms with Crippen LogP contribution in [0.2, 0.25) is 0 Å². The van der Waals surface area contributed by atoms with Crippen molar-refractivity contribution in [3.63, 3.8) is 0 Å². The van der Waals surface area contributed by atoms with Crippen molar-refractivity contribution in [2.45, 2.75) is 6.67 Å². The largest absolute Gasteiger partial charge is 0.327 e. The molecule has 0 saturated carbocycles. The summed E-state index contributed by atoms with van der Waals surface area (Å²) in [6, 6.07) is 21.4. The molecule has 3 aromatic rings. The summed E-state index contributed by atoms with van der Waals surface area (Å²) in [4.78, 5) is 2.19. The van der Waals surface area contributed by atoms with E-state index in [-0.39, 0.29) is 0 Å². The van der Waals surface area contributed by atoms with Crippen molar-refractivity contribution in [1.82, 2.24) is 9.47 Å². The van der Waals surface area contributed by atoms with Gasteiger partial charge in [-0.3, -0.25) is 4.90 Å². The van der Waals surface area contributed by atoms with Crippen molar-refractivity contribution < 1.29 is 0 Å². The normalized spacial score (nSPS) is 11.3. The van der Waals surface area contributed by atoms with Crippen molar-refractivity contribution in [3.05, 3.63) is 60.7 Å². The zero-order valence-electron chi connectivity index (χ0n) is 11.4. The molecule has 0 amide bonds. The summed E-state index contributed by atoms with van der Waals surface area (Å²) in [5.74, 6) is 0. The van der Waals surface area contributed by atoms with Gasteiger partial charge in [-0.05, 0) is 31.8 Å². The highest BCUT2D eigenvalue weighted by molar-refractivity contribution is 5.87. The van der Waals surface area contributed by atoms with Crippen LogP contribution in [0.25, 0.3) is 22.2 Å². The summed E-state index contributed by atoms with van der Waals surface area (Å²) in [6.45, 7) is 0.887. The van der Waals surface area contributed by atoms with E-state index in [1.54, 1.807) is 0 Å². The van der Waals surface area contributed by atoms with E-state index in [2.05, 4.69) is 84.2 Å². The van der Waals surface area contributed by atoms with Crippen LogP contribution in [0.4, 0.5) is 0 Å². The number of benzene rings is 2. The maximum Gasteiger partial charge on any atom is 0.0752 e. The predicted octanol–water partition coefficient (Wildman–Crippen LogP) is 3.83. The molecule has 2 heteroatoms. The average Bonchev–Trinajstić information content (AvgIpc) is 2.78. The monoisotopic (exact) mass is 250 g/mol. The van der Waals surface area contributed by atoms with Gasteiger partial charge in [-0.2, -0.15) is 0 Å². The van der Waals surface area contributed by atoms with E-state index in [9.17, 15) is 0 Å². The number of aromatic nitrogens is 1. The molecule has 0 fully saturated rings. The molecule has 0 radical (unpaired) electrons. The number of para-hydroxylation sites is 1. The molecule has 2 nitrogen and oxygen atoms in total. The fourth-order valence-corrected chi connectivity index (χ4v) is 2.49. The van der Waals surface area contributed by atoms with E-state index in [4.69, 9.17) is 0 Å². The third-order valence-electron chi connectivity index (χ3n) is 3.30. The molecule has 0 N–H and O–H groups in total. The first kappa shape index (κ1) is 12.0. The Balaban J connectivity index is 2.23. The molecule has 0 bridgehead atoms. The van der Waals surface area contributed by atoms with Gasteiger partial charge in [-0.1, -0.05) is 48.5 Å². The maximum atomic E-state index is 2.37. The third-order valence-corrected chi connectivity index (χ3v) is 3.30. The second-order valence-electron chi connectivity index (χ2n) is 5.10. The van der Waals surface area contributed by atoms with E-state index in [0.717, 1.165) is 6.67 Å². The minimum absolute atomic E-state index is 0.887. The summed E-state index contributed by atoms with van der Waals surface area (Å²) < 4.78 is 2.37. The number of fused-ring (bicyclic) bond motifs is 1. The van der Waals surface area contributed by atoms with Crippen LogP contribution in [0.1, 0.15) is 0 Å². The quantitative estimate of drug-likeness (QED) is 0.686. The number of rotatable bonds is 3. The molecule has 0 aliphatic carbocycles. The predicted molar refractivity (Wildman–Crippen MR) is 81.1 cm³/mol. The van der Waals surface area contributed by atoms with Crippen molar-refractivity contribution in [2.75, 3.05) is 14.1 Å². The topological polar surface area (TPSA) is 8.17 Å². The van der Waals surface area contributed by atoms with Gasteiger partial charge in [0, 0.05) is 10.9 Å². The van der Waals surface area contributed by atoms with Gasteiger partial charge < -0.3 is 4.57 Å². The van der Waals surface area contributed by atoms with E-state index >= 15 is 0 Å². The van der Waals surface area contributed by atoms with Gasteiger partial charge in [-0.25, -0.2) is 0 Å². The third kappa shape index (κ3) is 2.27. The van der Waals surface area contributed by atoms with E-state index in [1.807, 2.05) is 0 Å². The summed E-state index contributed by atoms with van der Waals surface area (Å²) in [5.41, 5.74) is 3.83. The molecular formula is C17H18N2. The number of hydrogen-bond donors (Lipinski definition) is 0. The molecule has 0 aliphatic rings. The van der Waals surface area contributed by atoms with Crippen LogP contribution in [0.5, 0.6) is 0 Å². The molecule has 96 valence electrons. The lowest BCUT2D eigenvalue weighted by Gasteiger charge is -2.16. The van der Waals surface area contributed by atoms with Crippen LogP contribution in [0.3, 0.4) is 0 Å². The van der Waals surface area contributed by atoms with Gasteiger partial charge in [0.2, 0.25) is 0 Å². The Morgan fingerprint density at radius 2 is 1.58 bits per heavy atom. The van der Waals surface area contributed by atoms with Crippen molar-refractivity contribution in [3.8, 4) is 11.3 Å². The highest BCUT2D eigenvalue weighted by Crippen LogP contribution is 2.28. The first-order chi connectivity index (χ1) is 9.25. The second kappa shape index (κ2) is 4.90. The van der Waals surface area contributed by atoms with Crippen LogP contribution in [0.15, 0.2) is 60.7 Å². The van der Waals surface area contributed by atoms with Crippen molar-refractivity contribution >= 4 is 10.9 Å². The average molecular weight is 250 g/mol. The lowest BCUT2D eigenvalue weighted by molar-refractivity contribution is 0.334. The first-order valence-corrected chi connectivity index (χ1v) is 6.54. The van der Waals surface area contributed by atoms with Crippen LogP contribution in [-0.2, 0) is 6.67 Å². The Labute approximate surface area is 113 Å². The Morgan fingerprint density at radius 1 is 0.895 bits per heavy atom. The molecule has 0 atom stereocenters. The molecule has 1 aromatic heterocycles. The highest BCUT2D eigenvalue weighted by atomic mass is 15.2. The standard InChI is InChI=1S/C17H18N2/c1-18(2)13-19-16-11-7-6-10-15(16)12-17(19)14-8-4-3-5-9-14/h3-12H,13H2,1-2H3. The molecular weight excluding hydrogens is 232 g/mol. The molecule has 3 rings (SSSR count). The Morgan fingerprint density at radius 3 is 2.32 bits per heavy atom. The lowest BCUT2D eigenvalue weighted by atomic mass is 10.1. The van der Waals surface area contributed by atoms with Gasteiger partial charge in [-0.15, -0.1) is 0 Å². The first-order valence-electron chi connectivity index (χ1n) is 6.54. The zero-order chi connectivity index (χ0) is 13.2. The van der Waals surface area contributed by atoms with Gasteiger partial charge in [0.1, 0.15) is 0 Å². The minimum Gasteiger partial charge on any atom is -0.327 e. The molecule has 19 heavy (non-hydrogen) atoms. The molecule has 0 unspecified atom stereocenters. The molecule has 0 saturated heterocycles. The molecule has 1 heterocycles. The smallest absolute Gasteiger partial charge is 0.0752 e. The van der Waals surface area contributed by atoms with Crippen LogP contribution in [-0.4, -0.2) is 23.6 Å². The molecule has 0 spiro atoms. The maximum absolute atomic E-state index is 2.37. The highest BCUT2D eigenvalue weighted by Gasteiger charge is 2.10. The second-order valence-corrected chi connectivity index (χ2v) is 5.10. The van der Waals surface area contributed by atoms with Crippen LogP contribution in [0, 0.1) is 0 Å². The SMILES string of the molecule is CN(C)Cn1c(-c2ccccc2)cc2ccccc21. The Kier molecular flexibility index (Phi) is 3.10. The van der Waals surface area contributed by atoms with Crippen molar-refractivity contribution in [1.29, 1.82) is 0 Å². The number of hydrogen-bond acceptors (Lipinski definition) is 1. The van der Waals surface area contributed by atoms with Crippen LogP contribution >= 0.6 is 0 Å². The summed E-state index contributed by atoms with van der Waals surface area (Å²) in [6.07, 6.45) is 0. The fourth-order valence-electron chi connectivity index (χ4n) is 2.49. The Bertz CT molecular complexity index is 681. The van der Waals surface area contributed by atoms with Gasteiger partial charge in [0.05, 0.1) is 12.4 Å². The van der Waals surface area contributed by atoms with Gasteiger partial charge in [0.15, 0.2) is 0 Å². The van der Waals surface area contributed by atoms with Gasteiger partial charge >= 0.3 is 0 Å². The van der Waals surface area contributed by atoms with Crippen molar-refractivity contribution in [2.24, 2.45) is 0 Å². The summed E-state index contributed by atoms with van der Waals surface area (Å²) in [7, 11) is 4.20. The van der Waals surface area contributed by atoms with Crippen LogP contribution < -0.4 is 0 Å². The van der Waals surface area contributed by atoms with E-state index in [1.165, 1.54) is 22.2 Å². The minimum atomic E-state index is 0.887. The zero-order valence-corrected chi connectivity index (χ0v) is 11.4. The lowest BCUT2D eigenvalue weighted by Crippen LogP contribution is -2.17. The summed E-state index contributed by atoms with van der Waals surface area (Å²) >= 11 is 0. The molecule has 0 aliphatic heterocycles. The van der Waals surface area contributed by atoms with E-state index < -0.39 is 0 Å². The van der Waals surface area contributed by atoms with Gasteiger partial charge in [0.25, 0.3) is 0 Å². The fraction of sp³-hybridized carbons (Fsp3) is 0.176. The summed E-state index contributed by atoms with van der Waals surface area (Å²) in [5, 5.41) is 1.29.